The average Bonchev–Trinajstić information content (AvgIpc) is 3.72. The molecule has 3 rings (SSSR count). The van der Waals surface area contributed by atoms with E-state index in [1.165, 1.54) is 44.9 Å². The molecule has 0 aromatic rings. The minimum Gasteiger partial charge on any atom is -0.455 e. The molecule has 0 aromatic carbocycles. The van der Waals surface area contributed by atoms with Crippen LogP contribution in [0.5, 0.6) is 0 Å². The van der Waals surface area contributed by atoms with Gasteiger partial charge in [-0.3, -0.25) is 0 Å². The van der Waals surface area contributed by atoms with Crippen molar-refractivity contribution in [3.63, 3.8) is 0 Å². The van der Waals surface area contributed by atoms with Gasteiger partial charge in [0, 0.05) is 12.0 Å². The van der Waals surface area contributed by atoms with Crippen LogP contribution in [0, 0.1) is 0 Å². The largest absolute Gasteiger partial charge is 0.455 e. The third-order valence-corrected chi connectivity index (χ3v) is 9.53. The molecule has 8 atom stereocenters. The van der Waals surface area contributed by atoms with E-state index >= 15 is 0 Å². The molecule has 3 N–H and O–H groups in total. The summed E-state index contributed by atoms with van der Waals surface area (Å²) in [5.74, 6) is -0.290. The Labute approximate surface area is 255 Å². The van der Waals surface area contributed by atoms with E-state index in [4.69, 9.17) is 14.2 Å². The summed E-state index contributed by atoms with van der Waals surface area (Å²) >= 11 is 0. The number of unbranched alkanes of at least 4 members (excludes halogenated alkanes) is 12. The van der Waals surface area contributed by atoms with Gasteiger partial charge in [0.25, 0.3) is 0 Å². The van der Waals surface area contributed by atoms with Crippen molar-refractivity contribution >= 4 is 5.97 Å². The lowest BCUT2D eigenvalue weighted by Crippen LogP contribution is -2.33. The molecule has 7 heteroatoms. The van der Waals surface area contributed by atoms with E-state index in [2.05, 4.69) is 6.92 Å². The number of rotatable bonds is 23. The molecule has 2 saturated heterocycles. The molecule has 0 saturated carbocycles. The Balaban J connectivity index is 1.16. The van der Waals surface area contributed by atoms with Crippen LogP contribution in [0.3, 0.4) is 0 Å². The van der Waals surface area contributed by atoms with Crippen molar-refractivity contribution in [2.75, 3.05) is 0 Å². The molecule has 244 valence electrons. The van der Waals surface area contributed by atoms with E-state index in [-0.39, 0.29) is 42.6 Å². The van der Waals surface area contributed by atoms with Gasteiger partial charge in [-0.25, -0.2) is 4.79 Å². The zero-order valence-electron chi connectivity index (χ0n) is 26.7. The van der Waals surface area contributed by atoms with E-state index < -0.39 is 12.2 Å². The molecule has 0 bridgehead atoms. The van der Waals surface area contributed by atoms with Crippen LogP contribution in [-0.2, 0) is 19.0 Å². The van der Waals surface area contributed by atoms with Crippen molar-refractivity contribution < 1.29 is 34.3 Å². The molecule has 3 aliphatic heterocycles. The smallest absolute Gasteiger partial charge is 0.334 e. The van der Waals surface area contributed by atoms with Crippen LogP contribution in [0.4, 0.5) is 0 Å². The minimum absolute atomic E-state index is 0.0410. The normalized spacial score (nSPS) is 28.2. The summed E-state index contributed by atoms with van der Waals surface area (Å²) in [5.41, 5.74) is 0.606. The Bertz CT molecular complexity index is 770. The first-order chi connectivity index (χ1) is 20.4. The van der Waals surface area contributed by atoms with Crippen molar-refractivity contribution in [2.45, 2.75) is 204 Å². The van der Waals surface area contributed by atoms with E-state index in [9.17, 15) is 20.1 Å². The zero-order valence-corrected chi connectivity index (χ0v) is 26.7. The van der Waals surface area contributed by atoms with E-state index in [1.54, 1.807) is 6.08 Å². The highest BCUT2D eigenvalue weighted by Crippen LogP contribution is 2.34. The van der Waals surface area contributed by atoms with Gasteiger partial charge in [0.05, 0.1) is 42.7 Å². The van der Waals surface area contributed by atoms with Gasteiger partial charge in [0.15, 0.2) is 0 Å². The monoisotopic (exact) mass is 594 g/mol. The van der Waals surface area contributed by atoms with Gasteiger partial charge in [0.2, 0.25) is 0 Å². The maximum absolute atomic E-state index is 11.7. The lowest BCUT2D eigenvalue weighted by Gasteiger charge is -2.24. The first kappa shape index (κ1) is 35.5. The topological polar surface area (TPSA) is 105 Å². The summed E-state index contributed by atoms with van der Waals surface area (Å²) < 4.78 is 17.6. The molecule has 0 aliphatic carbocycles. The third-order valence-electron chi connectivity index (χ3n) is 9.53. The first-order valence-corrected chi connectivity index (χ1v) is 17.6. The third kappa shape index (κ3) is 12.9. The Morgan fingerprint density at radius 3 is 1.60 bits per heavy atom. The number of ether oxygens (including phenoxy) is 3. The Morgan fingerprint density at radius 2 is 1.14 bits per heavy atom. The Hall–Kier alpha value is -0.990. The van der Waals surface area contributed by atoms with E-state index in [0.717, 1.165) is 83.5 Å². The van der Waals surface area contributed by atoms with Crippen molar-refractivity contribution in [3.8, 4) is 0 Å². The molecule has 3 aliphatic rings. The second-order valence-corrected chi connectivity index (χ2v) is 13.3. The van der Waals surface area contributed by atoms with Crippen LogP contribution < -0.4 is 0 Å². The molecule has 0 aromatic heterocycles. The Kier molecular flexibility index (Phi) is 17.0. The summed E-state index contributed by atoms with van der Waals surface area (Å²) in [7, 11) is 0. The van der Waals surface area contributed by atoms with Gasteiger partial charge in [0.1, 0.15) is 6.10 Å². The standard InChI is InChI=1S/C35H62O7/c1-3-4-5-6-7-8-12-15-18-29(37)31-20-22-33(41-31)34-23-21-32(42-34)30(38)19-16-13-10-9-11-14-17-28(36)25-27-24-26(2)40-35(27)39/h24,26,28-34,36-38H,3-23,25H2,1-2H3/t26-,28?,29?,30?,31?,32+,33+,34?/m0/s1. The van der Waals surface area contributed by atoms with Crippen molar-refractivity contribution in [1.82, 2.24) is 0 Å². The fraction of sp³-hybridized carbons (Fsp3) is 0.914. The second kappa shape index (κ2) is 20.1. The predicted octanol–water partition coefficient (Wildman–Crippen LogP) is 7.08. The fourth-order valence-corrected chi connectivity index (χ4v) is 6.93. The number of aliphatic hydroxyl groups excluding tert-OH is 3. The number of hydrogen-bond acceptors (Lipinski definition) is 7. The van der Waals surface area contributed by atoms with Crippen LogP contribution >= 0.6 is 0 Å². The molecular weight excluding hydrogens is 532 g/mol. The molecule has 2 fully saturated rings. The van der Waals surface area contributed by atoms with Crippen LogP contribution in [0.2, 0.25) is 0 Å². The zero-order chi connectivity index (χ0) is 30.2. The van der Waals surface area contributed by atoms with E-state index in [1.807, 2.05) is 6.92 Å². The highest BCUT2D eigenvalue weighted by atomic mass is 16.6. The maximum atomic E-state index is 11.7. The molecule has 3 heterocycles. The second-order valence-electron chi connectivity index (χ2n) is 13.3. The molecule has 42 heavy (non-hydrogen) atoms. The van der Waals surface area contributed by atoms with Crippen LogP contribution in [0.15, 0.2) is 11.6 Å². The van der Waals surface area contributed by atoms with Gasteiger partial charge in [-0.2, -0.15) is 0 Å². The number of cyclic esters (lactones) is 1. The lowest BCUT2D eigenvalue weighted by molar-refractivity contribution is -0.139. The van der Waals surface area contributed by atoms with Crippen molar-refractivity contribution in [2.24, 2.45) is 0 Å². The summed E-state index contributed by atoms with van der Waals surface area (Å²) in [5, 5.41) is 31.6. The maximum Gasteiger partial charge on any atom is 0.334 e. The first-order valence-electron chi connectivity index (χ1n) is 17.6. The average molecular weight is 595 g/mol. The van der Waals surface area contributed by atoms with Crippen molar-refractivity contribution in [3.05, 3.63) is 11.6 Å². The SMILES string of the molecule is CCCCCCCCCCC(O)C1CC[C@H](C2CC[C@H](C(O)CCCCCCCCC(O)CC3=C[C@H](C)OC3=O)O2)O1. The summed E-state index contributed by atoms with van der Waals surface area (Å²) in [6.07, 6.45) is 23.2. The number of carbonyl (C=O) groups excluding carboxylic acids is 1. The van der Waals surface area contributed by atoms with Crippen LogP contribution in [-0.4, -0.2) is 70.1 Å². The predicted molar refractivity (Wildman–Crippen MR) is 166 cm³/mol. The van der Waals surface area contributed by atoms with Gasteiger partial charge in [-0.1, -0.05) is 96.8 Å². The molecular formula is C35H62O7. The fourth-order valence-electron chi connectivity index (χ4n) is 6.93. The molecule has 0 radical (unpaired) electrons. The highest BCUT2D eigenvalue weighted by Gasteiger charge is 2.40. The van der Waals surface area contributed by atoms with Gasteiger partial charge < -0.3 is 29.5 Å². The number of hydrogen-bond donors (Lipinski definition) is 3. The van der Waals surface area contributed by atoms with Crippen LogP contribution in [0.25, 0.3) is 0 Å². The molecule has 0 amide bonds. The quantitative estimate of drug-likeness (QED) is 0.0858. The Morgan fingerprint density at radius 1 is 0.690 bits per heavy atom. The number of esters is 1. The molecule has 0 spiro atoms. The summed E-state index contributed by atoms with van der Waals surface area (Å²) in [4.78, 5) is 11.7. The summed E-state index contributed by atoms with van der Waals surface area (Å²) in [6.45, 7) is 4.08. The van der Waals surface area contributed by atoms with Gasteiger partial charge >= 0.3 is 5.97 Å². The number of aliphatic hydroxyl groups is 3. The number of carbonyl (C=O) groups is 1. The lowest BCUT2D eigenvalue weighted by atomic mass is 10.00. The molecule has 5 unspecified atom stereocenters. The molecule has 7 nitrogen and oxygen atoms in total. The van der Waals surface area contributed by atoms with Gasteiger partial charge in [-0.15, -0.1) is 0 Å². The van der Waals surface area contributed by atoms with Crippen LogP contribution in [0.1, 0.15) is 155 Å². The summed E-state index contributed by atoms with van der Waals surface area (Å²) in [6, 6.07) is 0. The van der Waals surface area contributed by atoms with E-state index in [0.29, 0.717) is 18.4 Å². The minimum atomic E-state index is -0.482. The van der Waals surface area contributed by atoms with Gasteiger partial charge in [-0.05, 0) is 57.9 Å². The van der Waals surface area contributed by atoms with Crippen molar-refractivity contribution in [1.29, 1.82) is 0 Å². The highest BCUT2D eigenvalue weighted by molar-refractivity contribution is 5.90.